The molecule has 2 rings (SSSR count). The molecule has 0 saturated heterocycles. The van der Waals surface area contributed by atoms with Crippen LogP contribution in [0.1, 0.15) is 38.7 Å². The van der Waals surface area contributed by atoms with Gasteiger partial charge >= 0.3 is 0 Å². The first-order valence-electron chi connectivity index (χ1n) is 6.79. The summed E-state index contributed by atoms with van der Waals surface area (Å²) in [6.45, 7) is 4.72. The van der Waals surface area contributed by atoms with E-state index in [0.29, 0.717) is 12.0 Å². The highest BCUT2D eigenvalue weighted by molar-refractivity contribution is 5.10. The Labute approximate surface area is 105 Å². The van der Waals surface area contributed by atoms with Gasteiger partial charge in [0.05, 0.1) is 0 Å². The summed E-state index contributed by atoms with van der Waals surface area (Å²) in [6, 6.07) is 4.42. The van der Waals surface area contributed by atoms with Crippen LogP contribution in [0.5, 0.6) is 0 Å². The van der Waals surface area contributed by atoms with E-state index >= 15 is 0 Å². The van der Waals surface area contributed by atoms with Crippen molar-refractivity contribution in [3.05, 3.63) is 30.1 Å². The number of nitrogens with zero attached hydrogens (tertiary/aromatic N) is 1. The molecule has 0 spiro atoms. The minimum absolute atomic E-state index is 0.296. The van der Waals surface area contributed by atoms with Gasteiger partial charge in [-0.05, 0) is 55.1 Å². The van der Waals surface area contributed by atoms with Crippen molar-refractivity contribution in [3.8, 4) is 0 Å². The SMILES string of the molecule is CC1CC(C)CC(C(N)Cc2cccnc2)C1. The highest BCUT2D eigenvalue weighted by Gasteiger charge is 2.28. The van der Waals surface area contributed by atoms with Gasteiger partial charge in [-0.25, -0.2) is 0 Å². The molecule has 0 amide bonds. The Balaban J connectivity index is 1.93. The molecular formula is C15H24N2. The lowest BCUT2D eigenvalue weighted by molar-refractivity contribution is 0.192. The summed E-state index contributed by atoms with van der Waals surface area (Å²) >= 11 is 0. The minimum atomic E-state index is 0.296. The summed E-state index contributed by atoms with van der Waals surface area (Å²) < 4.78 is 0. The maximum Gasteiger partial charge on any atom is 0.0300 e. The second-order valence-corrected chi connectivity index (χ2v) is 5.91. The third-order valence-corrected chi connectivity index (χ3v) is 4.01. The maximum absolute atomic E-state index is 6.38. The number of hydrogen-bond acceptors (Lipinski definition) is 2. The zero-order valence-electron chi connectivity index (χ0n) is 11.0. The Hall–Kier alpha value is -0.890. The van der Waals surface area contributed by atoms with Crippen molar-refractivity contribution in [3.63, 3.8) is 0 Å². The summed E-state index contributed by atoms with van der Waals surface area (Å²) in [5.74, 6) is 2.36. The zero-order chi connectivity index (χ0) is 12.3. The van der Waals surface area contributed by atoms with Gasteiger partial charge in [0, 0.05) is 18.4 Å². The van der Waals surface area contributed by atoms with E-state index in [4.69, 9.17) is 5.73 Å². The Morgan fingerprint density at radius 2 is 2.00 bits per heavy atom. The number of rotatable bonds is 3. The average molecular weight is 232 g/mol. The lowest BCUT2D eigenvalue weighted by Gasteiger charge is -2.35. The van der Waals surface area contributed by atoms with Crippen LogP contribution in [0.4, 0.5) is 0 Å². The zero-order valence-corrected chi connectivity index (χ0v) is 11.0. The fraction of sp³-hybridized carbons (Fsp3) is 0.667. The molecule has 1 aromatic heterocycles. The van der Waals surface area contributed by atoms with Gasteiger partial charge in [-0.15, -0.1) is 0 Å². The number of hydrogen-bond donors (Lipinski definition) is 1. The normalized spacial score (nSPS) is 31.1. The second-order valence-electron chi connectivity index (χ2n) is 5.91. The lowest BCUT2D eigenvalue weighted by atomic mass is 9.73. The molecule has 2 nitrogen and oxygen atoms in total. The smallest absolute Gasteiger partial charge is 0.0300 e. The van der Waals surface area contributed by atoms with Gasteiger partial charge in [0.2, 0.25) is 0 Å². The minimum Gasteiger partial charge on any atom is -0.327 e. The highest BCUT2D eigenvalue weighted by atomic mass is 14.7. The van der Waals surface area contributed by atoms with E-state index in [2.05, 4.69) is 24.9 Å². The van der Waals surface area contributed by atoms with Gasteiger partial charge in [0.1, 0.15) is 0 Å². The molecule has 1 heterocycles. The number of aromatic nitrogens is 1. The topological polar surface area (TPSA) is 38.9 Å². The summed E-state index contributed by atoms with van der Waals surface area (Å²) in [7, 11) is 0. The summed E-state index contributed by atoms with van der Waals surface area (Å²) in [5, 5.41) is 0. The molecule has 1 aliphatic rings. The highest BCUT2D eigenvalue weighted by Crippen LogP contribution is 2.34. The molecule has 1 aromatic rings. The third kappa shape index (κ3) is 3.53. The van der Waals surface area contributed by atoms with E-state index in [1.165, 1.54) is 24.8 Å². The van der Waals surface area contributed by atoms with E-state index < -0.39 is 0 Å². The molecule has 94 valence electrons. The number of pyridine rings is 1. The van der Waals surface area contributed by atoms with Gasteiger partial charge in [0.25, 0.3) is 0 Å². The van der Waals surface area contributed by atoms with Gasteiger partial charge in [-0.2, -0.15) is 0 Å². The molecule has 1 saturated carbocycles. The predicted molar refractivity (Wildman–Crippen MR) is 71.6 cm³/mol. The van der Waals surface area contributed by atoms with Crippen LogP contribution in [0.15, 0.2) is 24.5 Å². The van der Waals surface area contributed by atoms with Crippen molar-refractivity contribution in [2.75, 3.05) is 0 Å². The van der Waals surface area contributed by atoms with Gasteiger partial charge in [-0.1, -0.05) is 19.9 Å². The molecule has 3 atom stereocenters. The standard InChI is InChI=1S/C15H24N2/c1-11-6-12(2)8-14(7-11)15(16)9-13-4-3-5-17-10-13/h3-5,10-12,14-15H,6-9,16H2,1-2H3. The summed E-state index contributed by atoms with van der Waals surface area (Å²) in [6.07, 6.45) is 8.70. The summed E-state index contributed by atoms with van der Waals surface area (Å²) in [4.78, 5) is 4.16. The second kappa shape index (κ2) is 5.63. The molecule has 2 heteroatoms. The Bertz CT molecular complexity index is 326. The van der Waals surface area contributed by atoms with E-state index in [0.717, 1.165) is 18.3 Å². The third-order valence-electron chi connectivity index (χ3n) is 4.01. The van der Waals surface area contributed by atoms with Crippen LogP contribution in [0, 0.1) is 17.8 Å². The average Bonchev–Trinajstić information content (AvgIpc) is 2.29. The lowest BCUT2D eigenvalue weighted by Crippen LogP contribution is -2.37. The Morgan fingerprint density at radius 1 is 1.29 bits per heavy atom. The molecule has 0 radical (unpaired) electrons. The molecule has 1 fully saturated rings. The first-order chi connectivity index (χ1) is 8.15. The van der Waals surface area contributed by atoms with Crippen LogP contribution in [-0.4, -0.2) is 11.0 Å². The van der Waals surface area contributed by atoms with Crippen molar-refractivity contribution in [1.82, 2.24) is 4.98 Å². The van der Waals surface area contributed by atoms with E-state index in [1.54, 1.807) is 0 Å². The van der Waals surface area contributed by atoms with Gasteiger partial charge in [0.15, 0.2) is 0 Å². The van der Waals surface area contributed by atoms with Crippen molar-refractivity contribution in [1.29, 1.82) is 0 Å². The van der Waals surface area contributed by atoms with Gasteiger partial charge in [-0.3, -0.25) is 4.98 Å². The van der Waals surface area contributed by atoms with Crippen molar-refractivity contribution < 1.29 is 0 Å². The Kier molecular flexibility index (Phi) is 4.16. The van der Waals surface area contributed by atoms with Crippen LogP contribution in [0.25, 0.3) is 0 Å². The summed E-state index contributed by atoms with van der Waals surface area (Å²) in [5.41, 5.74) is 7.65. The van der Waals surface area contributed by atoms with Crippen molar-refractivity contribution in [2.45, 2.75) is 45.6 Å². The van der Waals surface area contributed by atoms with Crippen LogP contribution in [-0.2, 0) is 6.42 Å². The van der Waals surface area contributed by atoms with Crippen molar-refractivity contribution >= 4 is 0 Å². The number of nitrogens with two attached hydrogens (primary N) is 1. The molecular weight excluding hydrogens is 208 g/mol. The molecule has 0 aromatic carbocycles. The molecule has 0 bridgehead atoms. The first kappa shape index (κ1) is 12.6. The molecule has 17 heavy (non-hydrogen) atoms. The molecule has 0 aliphatic heterocycles. The largest absolute Gasteiger partial charge is 0.327 e. The monoisotopic (exact) mass is 232 g/mol. The predicted octanol–water partition coefficient (Wildman–Crippen LogP) is 3.02. The van der Waals surface area contributed by atoms with E-state index in [9.17, 15) is 0 Å². The maximum atomic E-state index is 6.38. The van der Waals surface area contributed by atoms with Crippen LogP contribution in [0.3, 0.4) is 0 Å². The fourth-order valence-corrected chi connectivity index (χ4v) is 3.32. The molecule has 1 aliphatic carbocycles. The first-order valence-corrected chi connectivity index (χ1v) is 6.79. The van der Waals surface area contributed by atoms with Crippen molar-refractivity contribution in [2.24, 2.45) is 23.5 Å². The van der Waals surface area contributed by atoms with Crippen LogP contribution in [0.2, 0.25) is 0 Å². The molecule has 2 N–H and O–H groups in total. The van der Waals surface area contributed by atoms with Crippen LogP contribution < -0.4 is 5.73 Å². The van der Waals surface area contributed by atoms with Crippen LogP contribution >= 0.6 is 0 Å². The van der Waals surface area contributed by atoms with E-state index in [1.807, 2.05) is 18.5 Å². The van der Waals surface area contributed by atoms with Gasteiger partial charge < -0.3 is 5.73 Å². The Morgan fingerprint density at radius 3 is 2.59 bits per heavy atom. The van der Waals surface area contributed by atoms with E-state index in [-0.39, 0.29) is 0 Å². The molecule has 3 unspecified atom stereocenters. The quantitative estimate of drug-likeness (QED) is 0.870. The fourth-order valence-electron chi connectivity index (χ4n) is 3.32.